The molecule has 0 aliphatic carbocycles. The lowest BCUT2D eigenvalue weighted by Gasteiger charge is -2.20. The lowest BCUT2D eigenvalue weighted by molar-refractivity contribution is -0.157. The zero-order valence-electron chi connectivity index (χ0n) is 12.6. The molecule has 2 aliphatic heterocycles. The van der Waals surface area contributed by atoms with Crippen LogP contribution < -0.4 is 14.8 Å². The maximum absolute atomic E-state index is 12.4. The van der Waals surface area contributed by atoms with Crippen LogP contribution in [-0.4, -0.2) is 55.2 Å². The van der Waals surface area contributed by atoms with Gasteiger partial charge in [0.25, 0.3) is 5.91 Å². The topological polar surface area (TPSA) is 67.9 Å². The molecule has 0 aromatic heterocycles. The molecule has 1 saturated heterocycles. The average molecular weight is 344 g/mol. The molecule has 24 heavy (non-hydrogen) atoms. The van der Waals surface area contributed by atoms with Crippen molar-refractivity contribution in [1.82, 2.24) is 10.2 Å². The Morgan fingerprint density at radius 2 is 1.96 bits per heavy atom. The Morgan fingerprint density at radius 1 is 1.25 bits per heavy atom. The first kappa shape index (κ1) is 16.4. The number of carbonyl (C=O) groups is 2. The summed E-state index contributed by atoms with van der Waals surface area (Å²) in [5, 5.41) is 2.47. The number of hydrogen-bond donors (Lipinski definition) is 1. The van der Waals surface area contributed by atoms with Crippen molar-refractivity contribution >= 4 is 11.8 Å². The Morgan fingerprint density at radius 3 is 2.67 bits per heavy atom. The van der Waals surface area contributed by atoms with Crippen molar-refractivity contribution in [2.75, 3.05) is 26.3 Å². The zero-order valence-corrected chi connectivity index (χ0v) is 12.6. The fraction of sp³-hybridized carbons (Fsp3) is 0.467. The Hall–Kier alpha value is -2.45. The zero-order chi connectivity index (χ0) is 17.3. The van der Waals surface area contributed by atoms with Gasteiger partial charge in [0.05, 0.1) is 0 Å². The van der Waals surface area contributed by atoms with Crippen LogP contribution in [0.1, 0.15) is 16.8 Å². The number of alkyl halides is 3. The Balaban J connectivity index is 1.64. The van der Waals surface area contributed by atoms with Crippen LogP contribution in [0.4, 0.5) is 13.2 Å². The minimum Gasteiger partial charge on any atom is -0.486 e. The summed E-state index contributed by atoms with van der Waals surface area (Å²) in [6, 6.07) is 3.62. The number of benzene rings is 1. The largest absolute Gasteiger partial charge is 0.486 e. The third kappa shape index (κ3) is 3.55. The molecule has 1 N–H and O–H groups in total. The SMILES string of the molecule is O=C(NC1CCN(CC(F)(F)F)C1=O)c1ccc2c(c1)OCCO2. The average Bonchev–Trinajstić information content (AvgIpc) is 2.86. The number of nitrogens with one attached hydrogen (secondary N) is 1. The number of ether oxygens (including phenoxy) is 2. The van der Waals surface area contributed by atoms with Gasteiger partial charge in [-0.3, -0.25) is 9.59 Å². The van der Waals surface area contributed by atoms with E-state index in [-0.39, 0.29) is 18.5 Å². The summed E-state index contributed by atoms with van der Waals surface area (Å²) in [6.07, 6.45) is -4.31. The third-order valence-electron chi connectivity index (χ3n) is 3.78. The molecule has 6 nitrogen and oxygen atoms in total. The molecule has 9 heteroatoms. The van der Waals surface area contributed by atoms with E-state index in [1.54, 1.807) is 6.07 Å². The van der Waals surface area contributed by atoms with E-state index in [1.165, 1.54) is 12.1 Å². The second-order valence-corrected chi connectivity index (χ2v) is 5.55. The molecule has 0 radical (unpaired) electrons. The van der Waals surface area contributed by atoms with E-state index < -0.39 is 30.6 Å². The van der Waals surface area contributed by atoms with Gasteiger partial charge in [-0.25, -0.2) is 0 Å². The highest BCUT2D eigenvalue weighted by Crippen LogP contribution is 2.30. The number of rotatable bonds is 3. The minimum atomic E-state index is -4.45. The van der Waals surface area contributed by atoms with Crippen LogP contribution >= 0.6 is 0 Å². The van der Waals surface area contributed by atoms with Crippen LogP contribution in [0.15, 0.2) is 18.2 Å². The first-order chi connectivity index (χ1) is 11.3. The molecule has 2 aliphatic rings. The van der Waals surface area contributed by atoms with Gasteiger partial charge in [0.15, 0.2) is 11.5 Å². The van der Waals surface area contributed by atoms with Crippen LogP contribution in [0.5, 0.6) is 11.5 Å². The molecular formula is C15H15F3N2O4. The molecule has 1 unspecified atom stereocenters. The number of fused-ring (bicyclic) bond motifs is 1. The van der Waals surface area contributed by atoms with Crippen LogP contribution in [0, 0.1) is 0 Å². The number of hydrogen-bond acceptors (Lipinski definition) is 4. The molecule has 130 valence electrons. The molecule has 0 saturated carbocycles. The second kappa shape index (κ2) is 6.21. The molecule has 0 spiro atoms. The highest BCUT2D eigenvalue weighted by molar-refractivity contribution is 5.98. The third-order valence-corrected chi connectivity index (χ3v) is 3.78. The van der Waals surface area contributed by atoms with E-state index in [9.17, 15) is 22.8 Å². The molecule has 1 fully saturated rings. The lowest BCUT2D eigenvalue weighted by Crippen LogP contribution is -2.43. The van der Waals surface area contributed by atoms with Gasteiger partial charge in [-0.15, -0.1) is 0 Å². The number of halogens is 3. The normalized spacial score (nSPS) is 20.2. The molecular weight excluding hydrogens is 329 g/mol. The van der Waals surface area contributed by atoms with Gasteiger partial charge in [0.1, 0.15) is 25.8 Å². The summed E-state index contributed by atoms with van der Waals surface area (Å²) in [5.41, 5.74) is 0.251. The van der Waals surface area contributed by atoms with Gasteiger partial charge in [-0.2, -0.15) is 13.2 Å². The van der Waals surface area contributed by atoms with E-state index in [0.29, 0.717) is 29.6 Å². The fourth-order valence-electron chi connectivity index (χ4n) is 2.67. The molecule has 3 rings (SSSR count). The van der Waals surface area contributed by atoms with Gasteiger partial charge < -0.3 is 19.7 Å². The van der Waals surface area contributed by atoms with Gasteiger partial charge in [0, 0.05) is 12.1 Å². The number of likely N-dealkylation sites (tertiary alicyclic amines) is 1. The quantitative estimate of drug-likeness (QED) is 0.899. The Kier molecular flexibility index (Phi) is 4.25. The predicted octanol–water partition coefficient (Wildman–Crippen LogP) is 1.35. The number of nitrogens with zero attached hydrogens (tertiary/aromatic N) is 1. The van der Waals surface area contributed by atoms with Crippen molar-refractivity contribution in [3.8, 4) is 11.5 Å². The highest BCUT2D eigenvalue weighted by Gasteiger charge is 2.39. The Bertz CT molecular complexity index is 663. The molecule has 1 atom stereocenters. The predicted molar refractivity (Wildman–Crippen MR) is 75.9 cm³/mol. The van der Waals surface area contributed by atoms with Crippen molar-refractivity contribution in [3.05, 3.63) is 23.8 Å². The van der Waals surface area contributed by atoms with E-state index in [1.807, 2.05) is 0 Å². The van der Waals surface area contributed by atoms with Crippen LogP contribution in [-0.2, 0) is 4.79 Å². The molecule has 1 aromatic carbocycles. The number of carbonyl (C=O) groups excluding carboxylic acids is 2. The summed E-state index contributed by atoms with van der Waals surface area (Å²) in [7, 11) is 0. The van der Waals surface area contributed by atoms with Gasteiger partial charge in [-0.05, 0) is 24.6 Å². The lowest BCUT2D eigenvalue weighted by atomic mass is 10.1. The summed E-state index contributed by atoms with van der Waals surface area (Å²) >= 11 is 0. The van der Waals surface area contributed by atoms with Crippen molar-refractivity contribution < 1.29 is 32.2 Å². The summed E-state index contributed by atoms with van der Waals surface area (Å²) in [5.74, 6) is -0.325. The number of amides is 2. The standard InChI is InChI=1S/C15H15F3N2O4/c16-15(17,18)8-20-4-3-10(14(20)22)19-13(21)9-1-2-11-12(7-9)24-6-5-23-11/h1-2,7,10H,3-6,8H2,(H,19,21). The maximum Gasteiger partial charge on any atom is 0.406 e. The van der Waals surface area contributed by atoms with Crippen molar-refractivity contribution in [1.29, 1.82) is 0 Å². The van der Waals surface area contributed by atoms with Gasteiger partial charge in [0.2, 0.25) is 5.91 Å². The van der Waals surface area contributed by atoms with Crippen LogP contribution in [0.2, 0.25) is 0 Å². The van der Waals surface area contributed by atoms with Crippen molar-refractivity contribution in [3.63, 3.8) is 0 Å². The van der Waals surface area contributed by atoms with Crippen molar-refractivity contribution in [2.24, 2.45) is 0 Å². The summed E-state index contributed by atoms with van der Waals surface area (Å²) in [4.78, 5) is 24.9. The van der Waals surface area contributed by atoms with Crippen molar-refractivity contribution in [2.45, 2.75) is 18.6 Å². The van der Waals surface area contributed by atoms with Crippen LogP contribution in [0.3, 0.4) is 0 Å². The molecule has 1 aromatic rings. The summed E-state index contributed by atoms with van der Waals surface area (Å²) < 4.78 is 47.9. The first-order valence-corrected chi connectivity index (χ1v) is 7.39. The molecule has 2 amide bonds. The summed E-state index contributed by atoms with van der Waals surface area (Å²) in [6.45, 7) is -0.553. The second-order valence-electron chi connectivity index (χ2n) is 5.55. The van der Waals surface area contributed by atoms with Crippen LogP contribution in [0.25, 0.3) is 0 Å². The Labute approximate surface area is 135 Å². The van der Waals surface area contributed by atoms with Gasteiger partial charge in [-0.1, -0.05) is 0 Å². The van der Waals surface area contributed by atoms with E-state index >= 15 is 0 Å². The first-order valence-electron chi connectivity index (χ1n) is 7.39. The minimum absolute atomic E-state index is 0.0373. The van der Waals surface area contributed by atoms with Gasteiger partial charge >= 0.3 is 6.18 Å². The highest BCUT2D eigenvalue weighted by atomic mass is 19.4. The maximum atomic E-state index is 12.4. The fourth-order valence-corrected chi connectivity index (χ4v) is 2.67. The van der Waals surface area contributed by atoms with E-state index in [4.69, 9.17) is 9.47 Å². The molecule has 2 heterocycles. The van der Waals surface area contributed by atoms with E-state index in [0.717, 1.165) is 0 Å². The van der Waals surface area contributed by atoms with E-state index in [2.05, 4.69) is 5.32 Å². The molecule has 0 bridgehead atoms. The monoisotopic (exact) mass is 344 g/mol. The smallest absolute Gasteiger partial charge is 0.406 e.